The summed E-state index contributed by atoms with van der Waals surface area (Å²) in [6.45, 7) is 7.05. The van der Waals surface area contributed by atoms with Crippen molar-refractivity contribution in [3.05, 3.63) is 53.6 Å². The van der Waals surface area contributed by atoms with Gasteiger partial charge in [-0.05, 0) is 70.2 Å². The zero-order valence-corrected chi connectivity index (χ0v) is 19.3. The first-order chi connectivity index (χ1) is 15.0. The number of carbonyl (C=O) groups excluding carboxylic acids is 2. The molecule has 1 aliphatic heterocycles. The molecule has 1 aliphatic rings. The van der Waals surface area contributed by atoms with Crippen molar-refractivity contribution < 1.29 is 13.8 Å². The van der Waals surface area contributed by atoms with Gasteiger partial charge in [-0.3, -0.25) is 9.59 Å². The lowest BCUT2D eigenvalue weighted by molar-refractivity contribution is 0.0948. The van der Waals surface area contributed by atoms with Gasteiger partial charge >= 0.3 is 0 Å². The Morgan fingerprint density at radius 3 is 2.55 bits per heavy atom. The summed E-state index contributed by atoms with van der Waals surface area (Å²) < 4.78 is 13.2. The van der Waals surface area contributed by atoms with Gasteiger partial charge in [0.1, 0.15) is 0 Å². The third kappa shape index (κ3) is 5.22. The van der Waals surface area contributed by atoms with Crippen LogP contribution < -0.4 is 10.2 Å². The van der Waals surface area contributed by atoms with Crippen LogP contribution >= 0.6 is 0 Å². The van der Waals surface area contributed by atoms with E-state index in [1.54, 1.807) is 47.4 Å². The van der Waals surface area contributed by atoms with E-state index in [0.717, 1.165) is 19.5 Å². The highest BCUT2D eigenvalue weighted by molar-refractivity contribution is 7.85. The zero-order valence-electron chi connectivity index (χ0n) is 18.5. The first-order valence-corrected chi connectivity index (χ1v) is 12.1. The van der Waals surface area contributed by atoms with Crippen LogP contribution in [0.15, 0.2) is 52.3 Å². The largest absolute Gasteiger partial charge is 0.352 e. The normalized spacial score (nSPS) is 15.4. The average molecular weight is 442 g/mol. The SMILES string of the molecule is CCCCN(C)CCCNC(=O)c1ccc2c(c1)N(CC)C(=O)c1ccccc1[S@@]2=O. The molecule has 6 nitrogen and oxygen atoms in total. The maximum atomic E-state index is 13.2. The van der Waals surface area contributed by atoms with E-state index in [1.165, 1.54) is 12.8 Å². The van der Waals surface area contributed by atoms with Gasteiger partial charge < -0.3 is 15.1 Å². The van der Waals surface area contributed by atoms with Crippen molar-refractivity contribution in [3.63, 3.8) is 0 Å². The van der Waals surface area contributed by atoms with Crippen molar-refractivity contribution in [2.75, 3.05) is 38.1 Å². The molecule has 0 saturated carbocycles. The lowest BCUT2D eigenvalue weighted by Gasteiger charge is -2.21. The highest BCUT2D eigenvalue weighted by Gasteiger charge is 2.30. The minimum absolute atomic E-state index is 0.185. The summed E-state index contributed by atoms with van der Waals surface area (Å²) in [7, 11) is 0.609. The maximum absolute atomic E-state index is 13.2. The lowest BCUT2D eigenvalue weighted by Crippen LogP contribution is -2.31. The second-order valence-corrected chi connectivity index (χ2v) is 9.18. The molecule has 0 radical (unpaired) electrons. The molecule has 0 bridgehead atoms. The molecular weight excluding hydrogens is 410 g/mol. The van der Waals surface area contributed by atoms with Gasteiger partial charge in [0.05, 0.1) is 31.8 Å². The van der Waals surface area contributed by atoms with Crippen LogP contribution in [0.25, 0.3) is 0 Å². The summed E-state index contributed by atoms with van der Waals surface area (Å²) in [4.78, 5) is 30.7. The number of rotatable bonds is 9. The van der Waals surface area contributed by atoms with Crippen LogP contribution in [0.2, 0.25) is 0 Å². The number of hydrogen-bond acceptors (Lipinski definition) is 4. The molecule has 7 heteroatoms. The lowest BCUT2D eigenvalue weighted by atomic mass is 10.1. The number of amides is 2. The fraction of sp³-hybridized carbons (Fsp3) is 0.417. The van der Waals surface area contributed by atoms with Crippen molar-refractivity contribution >= 4 is 28.3 Å². The van der Waals surface area contributed by atoms with Crippen LogP contribution in [0.5, 0.6) is 0 Å². The van der Waals surface area contributed by atoms with E-state index in [9.17, 15) is 13.8 Å². The highest BCUT2D eigenvalue weighted by atomic mass is 32.2. The first-order valence-electron chi connectivity index (χ1n) is 10.9. The topological polar surface area (TPSA) is 69.7 Å². The van der Waals surface area contributed by atoms with Gasteiger partial charge in [0.15, 0.2) is 0 Å². The quantitative estimate of drug-likeness (QED) is 0.603. The van der Waals surface area contributed by atoms with Crippen LogP contribution in [0.1, 0.15) is 53.8 Å². The molecule has 0 aliphatic carbocycles. The van der Waals surface area contributed by atoms with E-state index in [-0.39, 0.29) is 11.8 Å². The first kappa shape index (κ1) is 23.2. The molecule has 0 saturated heterocycles. The molecule has 2 aromatic carbocycles. The molecule has 0 unspecified atom stereocenters. The van der Waals surface area contributed by atoms with Crippen LogP contribution in [0.3, 0.4) is 0 Å². The number of nitrogens with one attached hydrogen (secondary N) is 1. The van der Waals surface area contributed by atoms with Gasteiger partial charge in [0.2, 0.25) is 0 Å². The van der Waals surface area contributed by atoms with Crippen LogP contribution in [-0.4, -0.2) is 54.1 Å². The van der Waals surface area contributed by atoms with Gasteiger partial charge in [-0.25, -0.2) is 4.21 Å². The molecule has 0 fully saturated rings. The Kier molecular flexibility index (Phi) is 7.98. The summed E-state index contributed by atoms with van der Waals surface area (Å²) in [5.41, 5.74) is 1.44. The molecule has 1 heterocycles. The number of carbonyl (C=O) groups is 2. The minimum Gasteiger partial charge on any atom is -0.352 e. The number of hydrogen-bond donors (Lipinski definition) is 1. The van der Waals surface area contributed by atoms with Crippen LogP contribution in [-0.2, 0) is 10.8 Å². The fourth-order valence-electron chi connectivity index (χ4n) is 3.71. The van der Waals surface area contributed by atoms with Crippen LogP contribution in [0, 0.1) is 0 Å². The third-order valence-electron chi connectivity index (χ3n) is 5.49. The van der Waals surface area contributed by atoms with E-state index in [2.05, 4.69) is 24.2 Å². The fourth-order valence-corrected chi connectivity index (χ4v) is 5.06. The van der Waals surface area contributed by atoms with E-state index in [1.807, 2.05) is 6.92 Å². The monoisotopic (exact) mass is 441 g/mol. The average Bonchev–Trinajstić information content (AvgIpc) is 2.88. The number of benzene rings is 2. The molecule has 31 heavy (non-hydrogen) atoms. The Hall–Kier alpha value is -2.51. The van der Waals surface area contributed by atoms with Crippen molar-refractivity contribution in [2.24, 2.45) is 0 Å². The van der Waals surface area contributed by atoms with E-state index in [0.29, 0.717) is 39.7 Å². The van der Waals surface area contributed by atoms with Crippen molar-refractivity contribution in [3.8, 4) is 0 Å². The molecule has 166 valence electrons. The summed E-state index contributed by atoms with van der Waals surface area (Å²) in [5.74, 6) is -0.382. The smallest absolute Gasteiger partial charge is 0.259 e. The van der Waals surface area contributed by atoms with Crippen LogP contribution in [0.4, 0.5) is 5.69 Å². The predicted octanol–water partition coefficient (Wildman–Crippen LogP) is 3.69. The van der Waals surface area contributed by atoms with Gasteiger partial charge in [-0.2, -0.15) is 0 Å². The molecular formula is C24H31N3O3S. The Morgan fingerprint density at radius 2 is 1.81 bits per heavy atom. The molecule has 1 N–H and O–H groups in total. The van der Waals surface area contributed by atoms with Crippen molar-refractivity contribution in [1.29, 1.82) is 0 Å². The van der Waals surface area contributed by atoms with E-state index >= 15 is 0 Å². The zero-order chi connectivity index (χ0) is 22.4. The predicted molar refractivity (Wildman–Crippen MR) is 124 cm³/mol. The van der Waals surface area contributed by atoms with Crippen molar-refractivity contribution in [1.82, 2.24) is 10.2 Å². The Balaban J connectivity index is 1.75. The molecule has 0 spiro atoms. The Labute approximate surface area is 187 Å². The molecule has 2 aromatic rings. The summed E-state index contributed by atoms with van der Waals surface area (Å²) in [6, 6.07) is 12.1. The summed E-state index contributed by atoms with van der Waals surface area (Å²) >= 11 is 0. The van der Waals surface area contributed by atoms with Crippen molar-refractivity contribution in [2.45, 2.75) is 42.9 Å². The summed E-state index contributed by atoms with van der Waals surface area (Å²) in [6.07, 6.45) is 3.22. The maximum Gasteiger partial charge on any atom is 0.259 e. The molecule has 0 aromatic heterocycles. The second kappa shape index (κ2) is 10.7. The number of nitrogens with zero attached hydrogens (tertiary/aromatic N) is 2. The second-order valence-electron chi connectivity index (χ2n) is 7.76. The number of anilines is 1. The van der Waals surface area contributed by atoms with E-state index in [4.69, 9.17) is 0 Å². The number of unbranched alkanes of at least 4 members (excludes halogenated alkanes) is 1. The van der Waals surface area contributed by atoms with E-state index < -0.39 is 10.8 Å². The standard InChI is InChI=1S/C24H31N3O3S/c1-4-6-15-26(3)16-9-14-25-23(28)18-12-13-22-20(17-18)27(5-2)24(29)19-10-7-8-11-21(19)31(22)30/h7-8,10-13,17H,4-6,9,14-16H2,1-3H3,(H,25,28)/t31-/m0/s1. The third-order valence-corrected chi connectivity index (χ3v) is 6.99. The van der Waals surface area contributed by atoms with Gasteiger partial charge in [-0.15, -0.1) is 0 Å². The number of fused-ring (bicyclic) bond motifs is 2. The van der Waals surface area contributed by atoms with Gasteiger partial charge in [0, 0.05) is 18.7 Å². The Morgan fingerprint density at radius 1 is 1.06 bits per heavy atom. The Bertz CT molecular complexity index is 976. The molecule has 1 atom stereocenters. The minimum atomic E-state index is -1.49. The molecule has 3 rings (SSSR count). The van der Waals surface area contributed by atoms with Gasteiger partial charge in [0.25, 0.3) is 11.8 Å². The highest BCUT2D eigenvalue weighted by Crippen LogP contribution is 2.34. The molecule has 2 amide bonds. The van der Waals surface area contributed by atoms with Gasteiger partial charge in [-0.1, -0.05) is 25.5 Å². The summed E-state index contributed by atoms with van der Waals surface area (Å²) in [5, 5.41) is 2.96.